The number of carbonyl (C=O) groups excluding carboxylic acids is 2. The van der Waals surface area contributed by atoms with Gasteiger partial charge in [0.15, 0.2) is 5.69 Å². The summed E-state index contributed by atoms with van der Waals surface area (Å²) >= 11 is 0. The summed E-state index contributed by atoms with van der Waals surface area (Å²) in [6.45, 7) is 3.34. The van der Waals surface area contributed by atoms with Gasteiger partial charge in [-0.1, -0.05) is 30.2 Å². The molecule has 0 unspecified atom stereocenters. The molecule has 196 valence electrons. The van der Waals surface area contributed by atoms with Gasteiger partial charge in [0.05, 0.1) is 19.1 Å². The van der Waals surface area contributed by atoms with E-state index in [0.29, 0.717) is 19.6 Å². The van der Waals surface area contributed by atoms with Crippen LogP contribution in [0.4, 0.5) is 4.39 Å². The van der Waals surface area contributed by atoms with Crippen molar-refractivity contribution in [2.45, 2.75) is 31.7 Å². The maximum atomic E-state index is 14.4. The quantitative estimate of drug-likeness (QED) is 0.506. The second kappa shape index (κ2) is 10.6. The molecule has 2 aliphatic rings. The number of phenols is 1. The third-order valence-electron chi connectivity index (χ3n) is 7.34. The van der Waals surface area contributed by atoms with Crippen molar-refractivity contribution in [3.8, 4) is 29.2 Å². The smallest absolute Gasteiger partial charge is 0.274 e. The SMILES string of the molecule is CC#C[C@@H](CC(=O)N1C[C@@H]2CCN(C(=O)c3cc(OC)n(-c4ccccc4F)n3)[C@@H]2C1)c1ccc(O)cc1. The van der Waals surface area contributed by atoms with Crippen LogP contribution >= 0.6 is 0 Å². The van der Waals surface area contributed by atoms with E-state index in [2.05, 4.69) is 16.9 Å². The van der Waals surface area contributed by atoms with Gasteiger partial charge in [0.25, 0.3) is 5.91 Å². The fourth-order valence-corrected chi connectivity index (χ4v) is 5.41. The number of hydrogen-bond donors (Lipinski definition) is 1. The molecule has 2 fully saturated rings. The Hall–Kier alpha value is -4.32. The Labute approximate surface area is 220 Å². The third kappa shape index (κ3) is 4.82. The molecule has 2 aliphatic heterocycles. The van der Waals surface area contributed by atoms with Gasteiger partial charge in [-0.25, -0.2) is 4.39 Å². The summed E-state index contributed by atoms with van der Waals surface area (Å²) in [4.78, 5) is 30.3. The molecule has 0 radical (unpaired) electrons. The van der Waals surface area contributed by atoms with E-state index < -0.39 is 5.82 Å². The van der Waals surface area contributed by atoms with Crippen LogP contribution in [0.15, 0.2) is 54.6 Å². The summed E-state index contributed by atoms with van der Waals surface area (Å²) in [5, 5.41) is 14.0. The lowest BCUT2D eigenvalue weighted by Crippen LogP contribution is -2.41. The molecular formula is C29H29FN4O4. The number of methoxy groups -OCH3 is 1. The Bertz CT molecular complexity index is 1410. The minimum Gasteiger partial charge on any atom is -0.508 e. The number of amides is 2. The standard InChI is InChI=1S/C29H29FN4O4/c1-3-6-20(19-9-11-22(35)12-10-19)15-27(36)32-17-21-13-14-33(26(21)18-32)29(37)24-16-28(38-2)34(31-24)25-8-5-4-7-23(25)30/h4-5,7-12,16,20-21,26,35H,13-15,17-18H2,1-2H3/t20-,21-,26+/m0/s1. The first-order valence-corrected chi connectivity index (χ1v) is 12.6. The molecule has 1 N–H and O–H groups in total. The topological polar surface area (TPSA) is 87.9 Å². The zero-order chi connectivity index (χ0) is 26.8. The average molecular weight is 517 g/mol. The molecule has 3 atom stereocenters. The second-order valence-electron chi connectivity index (χ2n) is 9.59. The summed E-state index contributed by atoms with van der Waals surface area (Å²) in [6, 6.07) is 14.3. The first kappa shape index (κ1) is 25.3. The highest BCUT2D eigenvalue weighted by molar-refractivity contribution is 5.93. The van der Waals surface area contributed by atoms with Gasteiger partial charge in [-0.15, -0.1) is 5.92 Å². The van der Waals surface area contributed by atoms with Crippen LogP contribution in [0.25, 0.3) is 5.69 Å². The zero-order valence-corrected chi connectivity index (χ0v) is 21.3. The lowest BCUT2D eigenvalue weighted by Gasteiger charge is -2.25. The van der Waals surface area contributed by atoms with Gasteiger partial charge < -0.3 is 19.6 Å². The molecule has 3 heterocycles. The van der Waals surface area contributed by atoms with Gasteiger partial charge in [-0.05, 0) is 43.2 Å². The van der Waals surface area contributed by atoms with Crippen LogP contribution in [0.5, 0.6) is 11.6 Å². The summed E-state index contributed by atoms with van der Waals surface area (Å²) in [7, 11) is 1.45. The number of nitrogens with zero attached hydrogens (tertiary/aromatic N) is 4. The number of rotatable bonds is 6. The lowest BCUT2D eigenvalue weighted by molar-refractivity contribution is -0.130. The molecule has 38 heavy (non-hydrogen) atoms. The number of para-hydroxylation sites is 1. The van der Waals surface area contributed by atoms with E-state index in [1.807, 2.05) is 4.90 Å². The minimum absolute atomic E-state index is 0.0156. The van der Waals surface area contributed by atoms with Gasteiger partial charge in [0.1, 0.15) is 17.3 Å². The number of ether oxygens (including phenoxy) is 1. The maximum Gasteiger partial charge on any atom is 0.274 e. The third-order valence-corrected chi connectivity index (χ3v) is 7.34. The highest BCUT2D eigenvalue weighted by Crippen LogP contribution is 2.34. The van der Waals surface area contributed by atoms with E-state index in [-0.39, 0.29) is 59.1 Å². The monoisotopic (exact) mass is 516 g/mol. The fourth-order valence-electron chi connectivity index (χ4n) is 5.41. The molecule has 0 bridgehead atoms. The molecule has 3 aromatic rings. The molecule has 5 rings (SSSR count). The number of halogens is 1. The minimum atomic E-state index is -0.475. The van der Waals surface area contributed by atoms with Crippen LogP contribution < -0.4 is 4.74 Å². The lowest BCUT2D eigenvalue weighted by atomic mass is 9.95. The van der Waals surface area contributed by atoms with E-state index in [4.69, 9.17) is 4.74 Å². The van der Waals surface area contributed by atoms with E-state index in [1.54, 1.807) is 54.3 Å². The normalized spacial score (nSPS) is 19.0. The highest BCUT2D eigenvalue weighted by atomic mass is 19.1. The number of carbonyl (C=O) groups is 2. The van der Waals surface area contributed by atoms with Gasteiger partial charge in [0.2, 0.25) is 11.8 Å². The van der Waals surface area contributed by atoms with Crippen LogP contribution in [-0.4, -0.2) is 69.3 Å². The van der Waals surface area contributed by atoms with Crippen molar-refractivity contribution >= 4 is 11.8 Å². The van der Waals surface area contributed by atoms with Crippen molar-refractivity contribution in [2.75, 3.05) is 26.7 Å². The molecule has 8 nitrogen and oxygen atoms in total. The van der Waals surface area contributed by atoms with E-state index in [9.17, 15) is 19.1 Å². The second-order valence-corrected chi connectivity index (χ2v) is 9.59. The van der Waals surface area contributed by atoms with Gasteiger partial charge in [-0.2, -0.15) is 9.78 Å². The molecule has 2 saturated heterocycles. The highest BCUT2D eigenvalue weighted by Gasteiger charge is 2.45. The van der Waals surface area contributed by atoms with Crippen molar-refractivity contribution in [1.29, 1.82) is 0 Å². The zero-order valence-electron chi connectivity index (χ0n) is 21.3. The first-order chi connectivity index (χ1) is 18.4. The number of hydrogen-bond acceptors (Lipinski definition) is 5. The van der Waals surface area contributed by atoms with Gasteiger partial charge >= 0.3 is 0 Å². The number of aromatic nitrogens is 2. The largest absolute Gasteiger partial charge is 0.508 e. The Morgan fingerprint density at radius 2 is 1.95 bits per heavy atom. The van der Waals surface area contributed by atoms with Gasteiger partial charge in [0, 0.05) is 38.0 Å². The van der Waals surface area contributed by atoms with Crippen molar-refractivity contribution in [3.05, 3.63) is 71.7 Å². The van der Waals surface area contributed by atoms with Crippen molar-refractivity contribution in [3.63, 3.8) is 0 Å². The fraction of sp³-hybridized carbons (Fsp3) is 0.345. The summed E-state index contributed by atoms with van der Waals surface area (Å²) in [6.07, 6.45) is 1.02. The first-order valence-electron chi connectivity index (χ1n) is 12.6. The number of benzene rings is 2. The predicted octanol–water partition coefficient (Wildman–Crippen LogP) is 3.60. The van der Waals surface area contributed by atoms with E-state index in [1.165, 1.54) is 23.9 Å². The van der Waals surface area contributed by atoms with Crippen LogP contribution in [0.2, 0.25) is 0 Å². The number of phenolic OH excluding ortho intramolecular Hbond substituents is 1. The number of likely N-dealkylation sites (tertiary alicyclic amines) is 2. The molecule has 0 saturated carbocycles. The summed E-state index contributed by atoms with van der Waals surface area (Å²) in [5.41, 5.74) is 1.24. The Morgan fingerprint density at radius 3 is 2.66 bits per heavy atom. The summed E-state index contributed by atoms with van der Waals surface area (Å²) < 4.78 is 21.1. The molecule has 0 spiro atoms. The molecule has 1 aromatic heterocycles. The number of fused-ring (bicyclic) bond motifs is 1. The van der Waals surface area contributed by atoms with Crippen LogP contribution in [-0.2, 0) is 4.79 Å². The van der Waals surface area contributed by atoms with Crippen LogP contribution in [0.1, 0.15) is 41.7 Å². The average Bonchev–Trinajstić information content (AvgIpc) is 3.63. The van der Waals surface area contributed by atoms with Crippen molar-refractivity contribution < 1.29 is 23.8 Å². The molecule has 9 heteroatoms. The Kier molecular flexibility index (Phi) is 7.05. The molecule has 2 amide bonds. The maximum absolute atomic E-state index is 14.4. The van der Waals surface area contributed by atoms with Gasteiger partial charge in [-0.3, -0.25) is 9.59 Å². The molecular weight excluding hydrogens is 487 g/mol. The van der Waals surface area contributed by atoms with E-state index in [0.717, 1.165) is 12.0 Å². The molecule has 0 aliphatic carbocycles. The molecule has 2 aromatic carbocycles. The Balaban J connectivity index is 1.30. The van der Waals surface area contributed by atoms with Crippen molar-refractivity contribution in [2.24, 2.45) is 5.92 Å². The predicted molar refractivity (Wildman–Crippen MR) is 139 cm³/mol. The van der Waals surface area contributed by atoms with Crippen LogP contribution in [0.3, 0.4) is 0 Å². The Morgan fingerprint density at radius 1 is 1.18 bits per heavy atom. The number of aromatic hydroxyl groups is 1. The van der Waals surface area contributed by atoms with Crippen molar-refractivity contribution in [1.82, 2.24) is 19.6 Å². The summed E-state index contributed by atoms with van der Waals surface area (Å²) in [5.74, 6) is 5.59. The van der Waals surface area contributed by atoms with Crippen LogP contribution in [0, 0.1) is 23.6 Å². The van der Waals surface area contributed by atoms with E-state index >= 15 is 0 Å².